The second kappa shape index (κ2) is 10.9. The highest BCUT2D eigenvalue weighted by Gasteiger charge is 2.43. The number of benzene rings is 2. The van der Waals surface area contributed by atoms with Crippen molar-refractivity contribution < 1.29 is 36.3 Å². The number of hydrogen-bond acceptors (Lipinski definition) is 4. The van der Waals surface area contributed by atoms with Crippen molar-refractivity contribution in [3.63, 3.8) is 0 Å². The Morgan fingerprint density at radius 3 is 2.35 bits per heavy atom. The molecule has 2 heterocycles. The second-order valence-electron chi connectivity index (χ2n) is 10.3. The van der Waals surface area contributed by atoms with Crippen molar-refractivity contribution in [2.75, 3.05) is 36.0 Å². The van der Waals surface area contributed by atoms with Gasteiger partial charge in [-0.1, -0.05) is 32.0 Å². The lowest BCUT2D eigenvalue weighted by Gasteiger charge is -2.26. The van der Waals surface area contributed by atoms with Crippen molar-refractivity contribution in [2.24, 2.45) is 17.6 Å². The van der Waals surface area contributed by atoms with Crippen LogP contribution >= 0.6 is 0 Å². The third kappa shape index (κ3) is 5.95. The van der Waals surface area contributed by atoms with Crippen LogP contribution in [0, 0.1) is 11.8 Å². The SMILES string of the molecule is CC1CN(c2ccc(C(=O)N3CCC(F)(F)C(=CC(=O)NCC(N)=O)c4ccccc43)c(C(F)(F)F)c2)CC1C. The fourth-order valence-corrected chi connectivity index (χ4v) is 5.03. The number of allylic oxidation sites excluding steroid dienone is 1. The summed E-state index contributed by atoms with van der Waals surface area (Å²) in [4.78, 5) is 39.6. The molecule has 12 heteroatoms. The Labute approximate surface area is 227 Å². The molecule has 4 rings (SSSR count). The molecule has 0 spiro atoms. The highest BCUT2D eigenvalue weighted by atomic mass is 19.4. The third-order valence-electron chi connectivity index (χ3n) is 7.38. The number of carbonyl (C=O) groups excluding carboxylic acids is 3. The van der Waals surface area contributed by atoms with Crippen LogP contribution in [0.25, 0.3) is 5.57 Å². The average molecular weight is 565 g/mol. The van der Waals surface area contributed by atoms with Gasteiger partial charge in [-0.15, -0.1) is 0 Å². The van der Waals surface area contributed by atoms with E-state index >= 15 is 8.78 Å². The summed E-state index contributed by atoms with van der Waals surface area (Å²) in [5.74, 6) is -6.03. The van der Waals surface area contributed by atoms with Gasteiger partial charge >= 0.3 is 6.18 Å². The standard InChI is InChI=1S/C28H29F5N4O3/c1-16-14-36(15-17(16)2)18-7-8-20(22(11-18)28(31,32)33)26(40)37-10-9-27(29,30)21(12-25(39)35-13-24(34)38)19-5-3-4-6-23(19)37/h3-8,11-12,16-17H,9-10,13-15H2,1-2H3,(H2,34,38)(H,35,39). The first-order valence-electron chi connectivity index (χ1n) is 12.7. The van der Waals surface area contributed by atoms with E-state index in [0.717, 1.165) is 17.0 Å². The molecule has 40 heavy (non-hydrogen) atoms. The normalized spacial score (nSPS) is 21.6. The van der Waals surface area contributed by atoms with Crippen molar-refractivity contribution in [3.8, 4) is 0 Å². The highest BCUT2D eigenvalue weighted by molar-refractivity contribution is 6.10. The monoisotopic (exact) mass is 564 g/mol. The summed E-state index contributed by atoms with van der Waals surface area (Å²) >= 11 is 0. The van der Waals surface area contributed by atoms with Crippen molar-refractivity contribution in [1.82, 2.24) is 5.32 Å². The van der Waals surface area contributed by atoms with Gasteiger partial charge in [0.05, 0.1) is 23.4 Å². The largest absolute Gasteiger partial charge is 0.417 e. The summed E-state index contributed by atoms with van der Waals surface area (Å²) in [7, 11) is 0. The number of primary amides is 1. The summed E-state index contributed by atoms with van der Waals surface area (Å²) in [6, 6.07) is 8.92. The fraction of sp³-hybridized carbons (Fsp3) is 0.393. The van der Waals surface area contributed by atoms with Crippen LogP contribution in [0.3, 0.4) is 0 Å². The highest BCUT2D eigenvalue weighted by Crippen LogP contribution is 2.44. The van der Waals surface area contributed by atoms with Crippen LogP contribution in [0.1, 0.15) is 41.8 Å². The Kier molecular flexibility index (Phi) is 7.91. The van der Waals surface area contributed by atoms with Crippen molar-refractivity contribution in [3.05, 3.63) is 65.2 Å². The molecule has 0 saturated carbocycles. The molecule has 2 unspecified atom stereocenters. The van der Waals surface area contributed by atoms with Gasteiger partial charge < -0.3 is 20.9 Å². The first kappa shape index (κ1) is 29.0. The molecule has 0 radical (unpaired) electrons. The lowest BCUT2D eigenvalue weighted by atomic mass is 9.97. The van der Waals surface area contributed by atoms with E-state index in [2.05, 4.69) is 5.32 Å². The number of nitrogens with two attached hydrogens (primary N) is 1. The molecule has 3 amide bonds. The molecule has 1 saturated heterocycles. The van der Waals surface area contributed by atoms with E-state index in [0.29, 0.717) is 24.9 Å². The molecule has 2 atom stereocenters. The minimum Gasteiger partial charge on any atom is -0.371 e. The van der Waals surface area contributed by atoms with Crippen LogP contribution in [-0.2, 0) is 15.8 Å². The van der Waals surface area contributed by atoms with Crippen LogP contribution in [-0.4, -0.2) is 49.8 Å². The Hall–Kier alpha value is -3.96. The van der Waals surface area contributed by atoms with Crippen molar-refractivity contribution in [2.45, 2.75) is 32.4 Å². The molecule has 7 nitrogen and oxygen atoms in total. The van der Waals surface area contributed by atoms with Crippen LogP contribution < -0.4 is 20.9 Å². The quantitative estimate of drug-likeness (QED) is 0.414. The number of nitrogens with zero attached hydrogens (tertiary/aromatic N) is 2. The number of fused-ring (bicyclic) bond motifs is 1. The Bertz CT molecular complexity index is 1350. The number of halogens is 5. The first-order valence-corrected chi connectivity index (χ1v) is 12.7. The summed E-state index contributed by atoms with van der Waals surface area (Å²) in [6.45, 7) is 3.99. The molecule has 0 aromatic heterocycles. The zero-order valence-corrected chi connectivity index (χ0v) is 21.9. The van der Waals surface area contributed by atoms with Gasteiger partial charge in [-0.25, -0.2) is 8.78 Å². The van der Waals surface area contributed by atoms with E-state index in [9.17, 15) is 27.6 Å². The maximum atomic E-state index is 15.3. The maximum absolute atomic E-state index is 15.3. The summed E-state index contributed by atoms with van der Waals surface area (Å²) < 4.78 is 73.3. The Morgan fingerprint density at radius 1 is 1.07 bits per heavy atom. The lowest BCUT2D eigenvalue weighted by molar-refractivity contribution is -0.137. The third-order valence-corrected chi connectivity index (χ3v) is 7.38. The molecule has 2 aliphatic heterocycles. The van der Waals surface area contributed by atoms with Gasteiger partial charge in [0.15, 0.2) is 0 Å². The zero-order chi connectivity index (χ0) is 29.4. The number of alkyl halides is 5. The number of anilines is 2. The zero-order valence-electron chi connectivity index (χ0n) is 21.9. The number of carbonyl (C=O) groups is 3. The molecular weight excluding hydrogens is 535 g/mol. The van der Waals surface area contributed by atoms with Crippen molar-refractivity contribution in [1.29, 1.82) is 0 Å². The summed E-state index contributed by atoms with van der Waals surface area (Å²) in [5, 5.41) is 2.10. The van der Waals surface area contributed by atoms with Gasteiger partial charge in [0.2, 0.25) is 11.8 Å². The fourth-order valence-electron chi connectivity index (χ4n) is 5.03. The minimum atomic E-state index is -4.88. The maximum Gasteiger partial charge on any atom is 0.417 e. The van der Waals surface area contributed by atoms with Crippen LogP contribution in [0.4, 0.5) is 33.3 Å². The number of amides is 3. The van der Waals surface area contributed by atoms with E-state index in [1.807, 2.05) is 18.7 Å². The first-order chi connectivity index (χ1) is 18.7. The molecule has 214 valence electrons. The summed E-state index contributed by atoms with van der Waals surface area (Å²) in [6.07, 6.45) is -5.22. The predicted molar refractivity (Wildman–Crippen MR) is 140 cm³/mol. The topological polar surface area (TPSA) is 95.7 Å². The average Bonchev–Trinajstić information content (AvgIpc) is 3.17. The van der Waals surface area contributed by atoms with E-state index < -0.39 is 66.0 Å². The number of hydrogen-bond donors (Lipinski definition) is 2. The molecule has 1 fully saturated rings. The number of nitrogens with one attached hydrogen (secondary N) is 1. The Morgan fingerprint density at radius 2 is 1.73 bits per heavy atom. The predicted octanol–water partition coefficient (Wildman–Crippen LogP) is 4.47. The molecular formula is C28H29F5N4O3. The van der Waals surface area contributed by atoms with Gasteiger partial charge in [0.25, 0.3) is 11.8 Å². The van der Waals surface area contributed by atoms with Gasteiger partial charge in [0, 0.05) is 49.0 Å². The molecule has 0 bridgehead atoms. The van der Waals surface area contributed by atoms with Gasteiger partial charge in [-0.05, 0) is 36.1 Å². The number of para-hydroxylation sites is 1. The molecule has 2 aromatic rings. The van der Waals surface area contributed by atoms with Gasteiger partial charge in [-0.3, -0.25) is 14.4 Å². The summed E-state index contributed by atoms with van der Waals surface area (Å²) in [5.41, 5.74) is 2.49. The van der Waals surface area contributed by atoms with E-state index in [4.69, 9.17) is 5.73 Å². The van der Waals surface area contributed by atoms with Crippen molar-refractivity contribution >= 4 is 34.7 Å². The van der Waals surface area contributed by atoms with Crippen LogP contribution in [0.15, 0.2) is 48.5 Å². The van der Waals surface area contributed by atoms with E-state index in [-0.39, 0.29) is 23.1 Å². The van der Waals surface area contributed by atoms with Gasteiger partial charge in [-0.2, -0.15) is 13.2 Å². The second-order valence-corrected chi connectivity index (χ2v) is 10.3. The van der Waals surface area contributed by atoms with E-state index in [1.54, 1.807) is 0 Å². The van der Waals surface area contributed by atoms with Gasteiger partial charge in [0.1, 0.15) is 0 Å². The lowest BCUT2D eigenvalue weighted by Crippen LogP contribution is -2.35. The molecule has 2 aromatic carbocycles. The van der Waals surface area contributed by atoms with E-state index in [1.165, 1.54) is 30.3 Å². The smallest absolute Gasteiger partial charge is 0.371 e. The van der Waals surface area contributed by atoms with Crippen LogP contribution in [0.5, 0.6) is 0 Å². The van der Waals surface area contributed by atoms with Crippen LogP contribution in [0.2, 0.25) is 0 Å². The Balaban J connectivity index is 1.76. The molecule has 0 aliphatic carbocycles. The minimum absolute atomic E-state index is 0.0713. The molecule has 3 N–H and O–H groups in total. The number of rotatable bonds is 5. The molecule has 2 aliphatic rings.